The van der Waals surface area contributed by atoms with E-state index in [0.29, 0.717) is 5.56 Å². The molecule has 1 N–H and O–H groups in total. The zero-order valence-corrected chi connectivity index (χ0v) is 15.1. The first-order chi connectivity index (χ1) is 13.1. The highest BCUT2D eigenvalue weighted by Crippen LogP contribution is 2.39. The number of hydrogen-bond donors (Lipinski definition) is 1. The molecule has 0 aliphatic carbocycles. The molecule has 2 amide bonds. The van der Waals surface area contributed by atoms with E-state index in [9.17, 15) is 22.8 Å². The molecule has 0 unspecified atom stereocenters. The van der Waals surface area contributed by atoms with Crippen molar-refractivity contribution in [3.8, 4) is 0 Å². The Hall–Kier alpha value is -2.69. The van der Waals surface area contributed by atoms with Gasteiger partial charge in [-0.1, -0.05) is 0 Å². The summed E-state index contributed by atoms with van der Waals surface area (Å²) in [6, 6.07) is 3.56. The van der Waals surface area contributed by atoms with Crippen LogP contribution in [-0.2, 0) is 14.3 Å². The number of rotatable bonds is 3. The summed E-state index contributed by atoms with van der Waals surface area (Å²) in [6.45, 7) is 3.06. The van der Waals surface area contributed by atoms with Gasteiger partial charge < -0.3 is 19.6 Å². The molecule has 0 bridgehead atoms. The van der Waals surface area contributed by atoms with Gasteiger partial charge in [0.15, 0.2) is 0 Å². The molecule has 2 saturated heterocycles. The summed E-state index contributed by atoms with van der Waals surface area (Å²) in [7, 11) is 1.53. The van der Waals surface area contributed by atoms with Gasteiger partial charge in [0.05, 0.1) is 5.56 Å². The van der Waals surface area contributed by atoms with Gasteiger partial charge in [-0.25, -0.2) is 4.79 Å². The lowest BCUT2D eigenvalue weighted by atomic mass is 9.79. The number of alkyl halides is 3. The van der Waals surface area contributed by atoms with Gasteiger partial charge in [-0.3, -0.25) is 14.6 Å². The number of hydrogen-bond acceptors (Lipinski definition) is 5. The van der Waals surface area contributed by atoms with Crippen LogP contribution in [0.4, 0.5) is 13.2 Å². The number of halogens is 3. The Bertz CT molecular complexity index is 720. The van der Waals surface area contributed by atoms with Gasteiger partial charge in [0, 0.05) is 51.1 Å². The summed E-state index contributed by atoms with van der Waals surface area (Å²) >= 11 is 0. The van der Waals surface area contributed by atoms with E-state index in [1.165, 1.54) is 7.11 Å². The van der Waals surface area contributed by atoms with Gasteiger partial charge >= 0.3 is 12.1 Å². The number of carbonyl (C=O) groups excluding carboxylic acids is 2. The van der Waals surface area contributed by atoms with Crippen LogP contribution in [-0.4, -0.2) is 83.7 Å². The minimum absolute atomic E-state index is 0.0279. The van der Waals surface area contributed by atoms with E-state index in [1.54, 1.807) is 24.5 Å². The normalized spacial score (nSPS) is 17.6. The van der Waals surface area contributed by atoms with Crippen LogP contribution in [0.3, 0.4) is 0 Å². The molecule has 1 aromatic heterocycles. The number of pyridine rings is 1. The van der Waals surface area contributed by atoms with Gasteiger partial charge in [0.25, 0.3) is 5.91 Å². The quantitative estimate of drug-likeness (QED) is 0.810. The number of methoxy groups -OCH3 is 1. The molecule has 3 heterocycles. The van der Waals surface area contributed by atoms with Crippen molar-refractivity contribution < 1.29 is 37.4 Å². The van der Waals surface area contributed by atoms with E-state index in [0.717, 1.165) is 32.6 Å². The largest absolute Gasteiger partial charge is 0.490 e. The molecule has 2 aliphatic rings. The van der Waals surface area contributed by atoms with Crippen LogP contribution in [0.5, 0.6) is 0 Å². The van der Waals surface area contributed by atoms with Crippen molar-refractivity contribution in [3.05, 3.63) is 30.1 Å². The Kier molecular flexibility index (Phi) is 6.60. The van der Waals surface area contributed by atoms with E-state index in [-0.39, 0.29) is 23.8 Å². The maximum atomic E-state index is 12.4. The highest BCUT2D eigenvalue weighted by Gasteiger charge is 2.50. The summed E-state index contributed by atoms with van der Waals surface area (Å²) in [5.74, 6) is -2.70. The number of amides is 2. The third kappa shape index (κ3) is 5.18. The van der Waals surface area contributed by atoms with Gasteiger partial charge in [-0.05, 0) is 18.6 Å². The lowest BCUT2D eigenvalue weighted by Gasteiger charge is -2.47. The second-order valence-electron chi connectivity index (χ2n) is 6.70. The van der Waals surface area contributed by atoms with Crippen molar-refractivity contribution in [2.24, 2.45) is 5.41 Å². The van der Waals surface area contributed by atoms with Crippen LogP contribution in [0.2, 0.25) is 0 Å². The predicted octanol–water partition coefficient (Wildman–Crippen LogP) is 1.04. The molecule has 8 nitrogen and oxygen atoms in total. The number of carbonyl (C=O) groups is 3. The van der Waals surface area contributed by atoms with Crippen LogP contribution in [0, 0.1) is 5.41 Å². The van der Waals surface area contributed by atoms with E-state index < -0.39 is 12.1 Å². The standard InChI is InChI=1S/C15H19N3O3.C2HF3O2/c1-21-8-13(19)18-10-15(11-18)4-6-17(9-15)14(20)12-3-2-5-16-7-12;3-2(4,5)1(6)7/h2-3,5,7H,4,6,8-11H2,1H3;(H,6,7). The number of aromatic nitrogens is 1. The Morgan fingerprint density at radius 2 is 1.86 bits per heavy atom. The Morgan fingerprint density at radius 1 is 1.25 bits per heavy atom. The summed E-state index contributed by atoms with van der Waals surface area (Å²) in [6.07, 6.45) is -0.869. The number of nitrogens with zero attached hydrogens (tertiary/aromatic N) is 3. The fraction of sp³-hybridized carbons (Fsp3) is 0.529. The van der Waals surface area contributed by atoms with Crippen molar-refractivity contribution in [2.45, 2.75) is 12.6 Å². The molecule has 11 heteroatoms. The molecule has 3 rings (SSSR count). The minimum atomic E-state index is -5.08. The highest BCUT2D eigenvalue weighted by atomic mass is 19.4. The molecule has 2 aliphatic heterocycles. The zero-order chi connectivity index (χ0) is 20.9. The van der Waals surface area contributed by atoms with Gasteiger partial charge in [0.1, 0.15) is 6.61 Å². The van der Waals surface area contributed by atoms with Crippen LogP contribution >= 0.6 is 0 Å². The van der Waals surface area contributed by atoms with Crippen molar-refractivity contribution in [1.29, 1.82) is 0 Å². The van der Waals surface area contributed by atoms with E-state index >= 15 is 0 Å². The molecule has 0 saturated carbocycles. The number of likely N-dealkylation sites (tertiary alicyclic amines) is 2. The first kappa shape index (κ1) is 21.6. The summed E-state index contributed by atoms with van der Waals surface area (Å²) in [4.78, 5) is 40.7. The van der Waals surface area contributed by atoms with Gasteiger partial charge in [0.2, 0.25) is 5.91 Å². The molecular formula is C17H20F3N3O5. The highest BCUT2D eigenvalue weighted by molar-refractivity contribution is 5.94. The maximum absolute atomic E-state index is 12.4. The minimum Gasteiger partial charge on any atom is -0.475 e. The Labute approximate surface area is 158 Å². The molecule has 0 aromatic carbocycles. The molecule has 0 radical (unpaired) electrons. The van der Waals surface area contributed by atoms with Gasteiger partial charge in [-0.2, -0.15) is 13.2 Å². The zero-order valence-electron chi connectivity index (χ0n) is 15.1. The maximum Gasteiger partial charge on any atom is 0.490 e. The van der Waals surface area contributed by atoms with Crippen molar-refractivity contribution in [2.75, 3.05) is 39.9 Å². The molecule has 154 valence electrons. The SMILES string of the molecule is COCC(=O)N1CC2(CCN(C(=O)c3cccnc3)C2)C1.O=C(O)C(F)(F)F. The van der Waals surface area contributed by atoms with Crippen LogP contribution in [0.15, 0.2) is 24.5 Å². The first-order valence-electron chi connectivity index (χ1n) is 8.34. The topological polar surface area (TPSA) is 100 Å². The van der Waals surface area contributed by atoms with E-state index in [1.807, 2.05) is 9.80 Å². The molecule has 1 aromatic rings. The Balaban J connectivity index is 0.000000345. The first-order valence-corrected chi connectivity index (χ1v) is 8.34. The number of carboxylic acids is 1. The Morgan fingerprint density at radius 3 is 2.36 bits per heavy atom. The lowest BCUT2D eigenvalue weighted by Crippen LogP contribution is -2.60. The van der Waals surface area contributed by atoms with Crippen molar-refractivity contribution >= 4 is 17.8 Å². The average molecular weight is 403 g/mol. The second kappa shape index (κ2) is 8.55. The number of aliphatic carboxylic acids is 1. The van der Waals surface area contributed by atoms with Gasteiger partial charge in [-0.15, -0.1) is 0 Å². The molecule has 0 atom stereocenters. The average Bonchev–Trinajstić information content (AvgIpc) is 3.06. The van der Waals surface area contributed by atoms with Crippen LogP contribution in [0.25, 0.3) is 0 Å². The molecule has 2 fully saturated rings. The summed E-state index contributed by atoms with van der Waals surface area (Å²) in [5, 5.41) is 7.12. The third-order valence-electron chi connectivity index (χ3n) is 4.55. The fourth-order valence-electron chi connectivity index (χ4n) is 3.19. The molecular weight excluding hydrogens is 383 g/mol. The predicted molar refractivity (Wildman–Crippen MR) is 89.3 cm³/mol. The molecule has 28 heavy (non-hydrogen) atoms. The van der Waals surface area contributed by atoms with E-state index in [4.69, 9.17) is 14.6 Å². The van der Waals surface area contributed by atoms with E-state index in [2.05, 4.69) is 4.98 Å². The third-order valence-corrected chi connectivity index (χ3v) is 4.55. The smallest absolute Gasteiger partial charge is 0.475 e. The fourth-order valence-corrected chi connectivity index (χ4v) is 3.19. The van der Waals surface area contributed by atoms with Crippen LogP contribution < -0.4 is 0 Å². The monoisotopic (exact) mass is 403 g/mol. The van der Waals surface area contributed by atoms with Crippen molar-refractivity contribution in [1.82, 2.24) is 14.8 Å². The van der Waals surface area contributed by atoms with Crippen molar-refractivity contribution in [3.63, 3.8) is 0 Å². The summed E-state index contributed by atoms with van der Waals surface area (Å²) in [5.41, 5.74) is 0.711. The molecule has 1 spiro atoms. The number of carboxylic acid groups (broad SMARTS) is 1. The van der Waals surface area contributed by atoms with Crippen LogP contribution in [0.1, 0.15) is 16.8 Å². The lowest BCUT2D eigenvalue weighted by molar-refractivity contribution is -0.192. The summed E-state index contributed by atoms with van der Waals surface area (Å²) < 4.78 is 36.6. The number of ether oxygens (including phenoxy) is 1. The second-order valence-corrected chi connectivity index (χ2v) is 6.70.